The molecule has 0 heterocycles. The third kappa shape index (κ3) is 5.30. The Balaban J connectivity index is 0.00000288. The van der Waals surface area contributed by atoms with E-state index in [-0.39, 0.29) is 12.4 Å². The molecule has 24 heavy (non-hydrogen) atoms. The van der Waals surface area contributed by atoms with Gasteiger partial charge in [0.05, 0.1) is 25.3 Å². The maximum absolute atomic E-state index is 5.61. The van der Waals surface area contributed by atoms with Gasteiger partial charge in [0.2, 0.25) is 0 Å². The fourth-order valence-corrected chi connectivity index (χ4v) is 2.95. The largest absolute Gasteiger partial charge is 0.496 e. The van der Waals surface area contributed by atoms with E-state index in [0.717, 1.165) is 45.9 Å². The van der Waals surface area contributed by atoms with Crippen molar-refractivity contribution in [3.63, 3.8) is 0 Å². The van der Waals surface area contributed by atoms with Gasteiger partial charge in [-0.05, 0) is 46.6 Å². The first-order chi connectivity index (χ1) is 11.2. The number of hydrogen-bond donors (Lipinski definition) is 1. The molecule has 4 nitrogen and oxygen atoms in total. The average Bonchev–Trinajstić information content (AvgIpc) is 2.57. The van der Waals surface area contributed by atoms with Crippen LogP contribution in [0, 0.1) is 0 Å². The van der Waals surface area contributed by atoms with Crippen LogP contribution in [0.4, 0.5) is 0 Å². The van der Waals surface area contributed by atoms with Gasteiger partial charge in [0.15, 0.2) is 11.5 Å². The highest BCUT2D eigenvalue weighted by Gasteiger charge is 2.11. The Bertz CT molecular complexity index is 652. The minimum Gasteiger partial charge on any atom is -0.496 e. The summed E-state index contributed by atoms with van der Waals surface area (Å²) in [6.45, 7) is 4.01. The molecule has 0 aliphatic carbocycles. The molecule has 0 spiro atoms. The first-order valence-electron chi connectivity index (χ1n) is 7.51. The van der Waals surface area contributed by atoms with E-state index in [9.17, 15) is 0 Å². The summed E-state index contributed by atoms with van der Waals surface area (Å²) in [6.07, 6.45) is 0. The van der Waals surface area contributed by atoms with Crippen molar-refractivity contribution in [2.45, 2.75) is 20.0 Å². The first kappa shape index (κ1) is 20.6. The summed E-state index contributed by atoms with van der Waals surface area (Å²) < 4.78 is 17.3. The van der Waals surface area contributed by atoms with E-state index in [0.29, 0.717) is 6.61 Å². The van der Waals surface area contributed by atoms with Crippen LogP contribution in [0.25, 0.3) is 0 Å². The number of para-hydroxylation sites is 1. The van der Waals surface area contributed by atoms with E-state index >= 15 is 0 Å². The van der Waals surface area contributed by atoms with Gasteiger partial charge in [-0.1, -0.05) is 18.2 Å². The minimum absolute atomic E-state index is 0. The Labute approximate surface area is 158 Å². The van der Waals surface area contributed by atoms with E-state index in [1.165, 1.54) is 0 Å². The molecule has 6 heteroatoms. The molecule has 0 aromatic heterocycles. The summed E-state index contributed by atoms with van der Waals surface area (Å²) >= 11 is 3.55. The smallest absolute Gasteiger partial charge is 0.175 e. The second-order valence-corrected chi connectivity index (χ2v) is 5.81. The molecule has 0 saturated carbocycles. The lowest BCUT2D eigenvalue weighted by atomic mass is 10.1. The maximum atomic E-state index is 5.61. The van der Waals surface area contributed by atoms with Crippen molar-refractivity contribution < 1.29 is 14.2 Å². The van der Waals surface area contributed by atoms with Gasteiger partial charge in [-0.15, -0.1) is 12.4 Å². The van der Waals surface area contributed by atoms with Gasteiger partial charge in [0, 0.05) is 18.7 Å². The molecule has 0 radical (unpaired) electrons. The molecular formula is C18H23BrClNO3. The van der Waals surface area contributed by atoms with Crippen LogP contribution in [0.1, 0.15) is 18.1 Å². The highest BCUT2D eigenvalue weighted by Crippen LogP contribution is 2.36. The monoisotopic (exact) mass is 415 g/mol. The zero-order valence-electron chi connectivity index (χ0n) is 14.1. The molecule has 0 atom stereocenters. The topological polar surface area (TPSA) is 39.7 Å². The van der Waals surface area contributed by atoms with Crippen LogP contribution in [0.2, 0.25) is 0 Å². The quantitative estimate of drug-likeness (QED) is 0.684. The van der Waals surface area contributed by atoms with Crippen molar-refractivity contribution in [3.8, 4) is 17.2 Å². The zero-order valence-corrected chi connectivity index (χ0v) is 16.5. The second-order valence-electron chi connectivity index (χ2n) is 4.96. The summed E-state index contributed by atoms with van der Waals surface area (Å²) in [5, 5.41) is 3.43. The maximum Gasteiger partial charge on any atom is 0.175 e. The molecule has 1 N–H and O–H groups in total. The van der Waals surface area contributed by atoms with E-state index in [2.05, 4.69) is 27.3 Å². The van der Waals surface area contributed by atoms with Gasteiger partial charge >= 0.3 is 0 Å². The van der Waals surface area contributed by atoms with Gasteiger partial charge < -0.3 is 19.5 Å². The first-order valence-corrected chi connectivity index (χ1v) is 8.30. The second kappa shape index (κ2) is 10.4. The summed E-state index contributed by atoms with van der Waals surface area (Å²) in [7, 11) is 3.34. The van der Waals surface area contributed by atoms with Crippen LogP contribution < -0.4 is 19.5 Å². The van der Waals surface area contributed by atoms with Crippen molar-refractivity contribution in [2.24, 2.45) is 0 Å². The molecule has 0 aliphatic heterocycles. The van der Waals surface area contributed by atoms with Crippen molar-refractivity contribution in [2.75, 3.05) is 20.8 Å². The highest BCUT2D eigenvalue weighted by atomic mass is 79.9. The molecule has 2 aromatic carbocycles. The van der Waals surface area contributed by atoms with Gasteiger partial charge in [-0.25, -0.2) is 0 Å². The summed E-state index contributed by atoms with van der Waals surface area (Å²) in [5.74, 6) is 2.37. The third-order valence-corrected chi connectivity index (χ3v) is 4.00. The Morgan fingerprint density at radius 3 is 2.38 bits per heavy atom. The summed E-state index contributed by atoms with van der Waals surface area (Å²) in [5.41, 5.74) is 2.25. The van der Waals surface area contributed by atoms with Crippen LogP contribution in [0.5, 0.6) is 17.2 Å². The van der Waals surface area contributed by atoms with Crippen LogP contribution in [0.15, 0.2) is 40.9 Å². The number of rotatable bonds is 8. The number of nitrogens with one attached hydrogen (secondary N) is 1. The Morgan fingerprint density at radius 2 is 1.71 bits per heavy atom. The standard InChI is InChI=1S/C18H22BrNO3.ClH/c1-4-23-18-15(19)9-13(10-17(18)22-3)11-20-12-14-7-5-6-8-16(14)21-2;/h5-10,20H,4,11-12H2,1-3H3;1H. The number of hydrogen-bond acceptors (Lipinski definition) is 4. The van der Waals surface area contributed by atoms with Crippen molar-refractivity contribution in [1.82, 2.24) is 5.32 Å². The molecule has 0 saturated heterocycles. The predicted octanol–water partition coefficient (Wildman–Crippen LogP) is 4.58. The van der Waals surface area contributed by atoms with Crippen LogP contribution in [-0.2, 0) is 13.1 Å². The van der Waals surface area contributed by atoms with Gasteiger partial charge in [0.1, 0.15) is 5.75 Å². The van der Waals surface area contributed by atoms with E-state index in [4.69, 9.17) is 14.2 Å². The zero-order chi connectivity index (χ0) is 16.7. The minimum atomic E-state index is 0. The Kier molecular flexibility index (Phi) is 8.97. The summed E-state index contributed by atoms with van der Waals surface area (Å²) in [6, 6.07) is 12.0. The lowest BCUT2D eigenvalue weighted by Gasteiger charge is -2.14. The molecule has 0 bridgehead atoms. The van der Waals surface area contributed by atoms with Gasteiger partial charge in [-0.3, -0.25) is 0 Å². The molecule has 0 fully saturated rings. The van der Waals surface area contributed by atoms with E-state index in [1.807, 2.05) is 37.3 Å². The van der Waals surface area contributed by atoms with Gasteiger partial charge in [0.25, 0.3) is 0 Å². The Morgan fingerprint density at radius 1 is 1.00 bits per heavy atom. The SMILES string of the molecule is CCOc1c(Br)cc(CNCc2ccccc2OC)cc1OC.Cl. The van der Waals surface area contributed by atoms with Crippen molar-refractivity contribution >= 4 is 28.3 Å². The Hall–Kier alpha value is -1.43. The lowest BCUT2D eigenvalue weighted by Crippen LogP contribution is -2.13. The number of methoxy groups -OCH3 is 2. The summed E-state index contributed by atoms with van der Waals surface area (Å²) in [4.78, 5) is 0. The fraction of sp³-hybridized carbons (Fsp3) is 0.333. The highest BCUT2D eigenvalue weighted by molar-refractivity contribution is 9.10. The molecule has 0 aliphatic rings. The average molecular weight is 417 g/mol. The number of benzene rings is 2. The fourth-order valence-electron chi connectivity index (χ4n) is 2.35. The predicted molar refractivity (Wildman–Crippen MR) is 103 cm³/mol. The number of ether oxygens (including phenoxy) is 3. The lowest BCUT2D eigenvalue weighted by molar-refractivity contribution is 0.308. The number of halogens is 2. The molecule has 2 rings (SSSR count). The van der Waals surface area contributed by atoms with E-state index in [1.54, 1.807) is 14.2 Å². The van der Waals surface area contributed by atoms with E-state index < -0.39 is 0 Å². The molecule has 2 aromatic rings. The van der Waals surface area contributed by atoms with Crippen molar-refractivity contribution in [3.05, 3.63) is 52.0 Å². The van der Waals surface area contributed by atoms with Crippen LogP contribution in [-0.4, -0.2) is 20.8 Å². The third-order valence-electron chi connectivity index (χ3n) is 3.42. The molecule has 0 unspecified atom stereocenters. The van der Waals surface area contributed by atoms with Crippen LogP contribution in [0.3, 0.4) is 0 Å². The normalized spacial score (nSPS) is 10.0. The molecule has 0 amide bonds. The molecule has 132 valence electrons. The van der Waals surface area contributed by atoms with Gasteiger partial charge in [-0.2, -0.15) is 0 Å². The van der Waals surface area contributed by atoms with Crippen LogP contribution >= 0.6 is 28.3 Å². The van der Waals surface area contributed by atoms with Crippen molar-refractivity contribution in [1.29, 1.82) is 0 Å². The molecular weight excluding hydrogens is 394 g/mol.